The van der Waals surface area contributed by atoms with E-state index in [9.17, 15) is 19.8 Å². The Hall–Kier alpha value is -1.30. The normalized spacial score (nSPS) is 28.3. The summed E-state index contributed by atoms with van der Waals surface area (Å²) >= 11 is 0. The smallest absolute Gasteiger partial charge is 0.304 e. The van der Waals surface area contributed by atoms with Crippen LogP contribution in [0, 0.1) is 5.92 Å². The highest BCUT2D eigenvalue weighted by Crippen LogP contribution is 2.20. The molecule has 10 nitrogen and oxygen atoms in total. The molecule has 10 heteroatoms. The molecule has 1 rings (SSSR count). The monoisotopic (exact) mass is 369 g/mol. The van der Waals surface area contributed by atoms with Gasteiger partial charge in [-0.25, -0.2) is 0 Å². The minimum atomic E-state index is -1.68. The first-order valence-corrected chi connectivity index (χ1v) is 7.43. The second-order valence-corrected chi connectivity index (χ2v) is 5.62. The van der Waals surface area contributed by atoms with Crippen molar-refractivity contribution in [1.82, 2.24) is 5.32 Å². The van der Waals surface area contributed by atoms with Gasteiger partial charge in [-0.1, -0.05) is 21.3 Å². The van der Waals surface area contributed by atoms with Crippen molar-refractivity contribution >= 4 is 11.9 Å². The number of aliphatic hydroxyl groups excluding tert-OH is 4. The first kappa shape index (κ1) is 25.9. The van der Waals surface area contributed by atoms with Crippen molar-refractivity contribution in [3.63, 3.8) is 0 Å². The number of nitrogens with one attached hydrogen (secondary N) is 1. The van der Waals surface area contributed by atoms with Gasteiger partial charge in [0.05, 0.1) is 0 Å². The molecule has 0 aromatic carbocycles. The topological polar surface area (TPSA) is 155 Å². The van der Waals surface area contributed by atoms with Crippen LogP contribution in [0.25, 0.3) is 0 Å². The Morgan fingerprint density at radius 2 is 1.64 bits per heavy atom. The Bertz CT molecular complexity index is 391. The Morgan fingerprint density at radius 3 is 2.04 bits per heavy atom. The van der Waals surface area contributed by atoms with Crippen molar-refractivity contribution in [3.8, 4) is 0 Å². The standard InChI is InChI=1S/C8H14O8.C6H13NO.CH4/c1-3(9)14-2-15-8-6(12)4(10)5(11)7(13)16-8;1-5(2)4-7-6(3)8;/h4-8,10-13H,2H2,1H3;5H,4H2,1-3H3,(H,7,8);1H4. The van der Waals surface area contributed by atoms with Gasteiger partial charge in [0.1, 0.15) is 18.3 Å². The molecule has 5 N–H and O–H groups in total. The van der Waals surface area contributed by atoms with Gasteiger partial charge in [-0.05, 0) is 5.92 Å². The fourth-order valence-electron chi connectivity index (χ4n) is 1.50. The average molecular weight is 369 g/mol. The number of rotatable bonds is 5. The lowest BCUT2D eigenvalue weighted by Crippen LogP contribution is -2.58. The van der Waals surface area contributed by atoms with Crippen molar-refractivity contribution in [3.05, 3.63) is 0 Å². The first-order chi connectivity index (χ1) is 11.1. The third kappa shape index (κ3) is 11.0. The predicted octanol–water partition coefficient (Wildman–Crippen LogP) is -1.30. The summed E-state index contributed by atoms with van der Waals surface area (Å²) in [5.74, 6) is 0.0176. The highest BCUT2D eigenvalue weighted by atomic mass is 16.8. The molecule has 25 heavy (non-hydrogen) atoms. The quantitative estimate of drug-likeness (QED) is 0.293. The van der Waals surface area contributed by atoms with E-state index in [1.165, 1.54) is 6.92 Å². The van der Waals surface area contributed by atoms with E-state index in [4.69, 9.17) is 14.9 Å². The number of amides is 1. The van der Waals surface area contributed by atoms with Crippen LogP contribution in [0.15, 0.2) is 0 Å². The number of carbonyl (C=O) groups excluding carboxylic acids is 2. The summed E-state index contributed by atoms with van der Waals surface area (Å²) in [6.07, 6.45) is -7.84. The molecule has 1 fully saturated rings. The predicted molar refractivity (Wildman–Crippen MR) is 86.9 cm³/mol. The van der Waals surface area contributed by atoms with Gasteiger partial charge in [0.15, 0.2) is 19.4 Å². The summed E-state index contributed by atoms with van der Waals surface area (Å²) in [6, 6.07) is 0. The molecule has 0 aromatic heterocycles. The molecule has 0 saturated carbocycles. The SMILES string of the molecule is C.CC(=O)NCC(C)C.CC(=O)OCOC1OC(O)C(O)C(O)C1O. The van der Waals surface area contributed by atoms with Crippen LogP contribution in [0.2, 0.25) is 0 Å². The van der Waals surface area contributed by atoms with Crippen LogP contribution < -0.4 is 5.32 Å². The largest absolute Gasteiger partial charge is 0.439 e. The van der Waals surface area contributed by atoms with E-state index in [0.717, 1.165) is 13.5 Å². The summed E-state index contributed by atoms with van der Waals surface area (Å²) in [4.78, 5) is 20.6. The summed E-state index contributed by atoms with van der Waals surface area (Å²) in [6.45, 7) is 7.12. The molecular formula is C15H31NO9. The summed E-state index contributed by atoms with van der Waals surface area (Å²) < 4.78 is 13.8. The molecule has 0 radical (unpaired) electrons. The van der Waals surface area contributed by atoms with Gasteiger partial charge in [-0.2, -0.15) is 0 Å². The average Bonchev–Trinajstić information content (AvgIpc) is 2.48. The van der Waals surface area contributed by atoms with Gasteiger partial charge in [-0.15, -0.1) is 0 Å². The fourth-order valence-corrected chi connectivity index (χ4v) is 1.50. The molecule has 1 aliphatic rings. The second-order valence-electron chi connectivity index (χ2n) is 5.62. The summed E-state index contributed by atoms with van der Waals surface area (Å²) in [7, 11) is 0. The van der Waals surface area contributed by atoms with E-state index in [-0.39, 0.29) is 13.3 Å². The van der Waals surface area contributed by atoms with E-state index in [1.807, 2.05) is 0 Å². The van der Waals surface area contributed by atoms with Gasteiger partial charge < -0.3 is 40.0 Å². The molecule has 1 heterocycles. The molecule has 0 bridgehead atoms. The molecule has 0 spiro atoms. The molecule has 5 atom stereocenters. The summed E-state index contributed by atoms with van der Waals surface area (Å²) in [5, 5.41) is 39.6. The van der Waals surface area contributed by atoms with E-state index in [1.54, 1.807) is 0 Å². The third-order valence-electron chi connectivity index (χ3n) is 2.80. The number of ether oxygens (including phenoxy) is 3. The molecule has 0 aliphatic carbocycles. The van der Waals surface area contributed by atoms with Crippen LogP contribution in [-0.2, 0) is 23.8 Å². The Balaban J connectivity index is 0. The highest BCUT2D eigenvalue weighted by molar-refractivity contribution is 5.72. The maximum Gasteiger partial charge on any atom is 0.304 e. The second kappa shape index (κ2) is 13.0. The van der Waals surface area contributed by atoms with Gasteiger partial charge in [0.2, 0.25) is 5.91 Å². The van der Waals surface area contributed by atoms with Crippen molar-refractivity contribution in [1.29, 1.82) is 0 Å². The van der Waals surface area contributed by atoms with Crippen molar-refractivity contribution < 1.29 is 44.2 Å². The molecule has 1 saturated heterocycles. The van der Waals surface area contributed by atoms with Crippen LogP contribution in [0.3, 0.4) is 0 Å². The van der Waals surface area contributed by atoms with Gasteiger partial charge in [0.25, 0.3) is 0 Å². The first-order valence-electron chi connectivity index (χ1n) is 7.43. The summed E-state index contributed by atoms with van der Waals surface area (Å²) in [5.41, 5.74) is 0. The molecule has 0 aromatic rings. The van der Waals surface area contributed by atoms with Crippen molar-refractivity contribution in [2.24, 2.45) is 5.92 Å². The molecule has 150 valence electrons. The Labute approximate surface area is 147 Å². The number of aliphatic hydroxyl groups is 4. The van der Waals surface area contributed by atoms with Crippen LogP contribution in [0.1, 0.15) is 35.1 Å². The Kier molecular flexibility index (Phi) is 13.5. The zero-order valence-corrected chi connectivity index (χ0v) is 14.2. The number of esters is 1. The van der Waals surface area contributed by atoms with Gasteiger partial charge >= 0.3 is 5.97 Å². The van der Waals surface area contributed by atoms with Crippen molar-refractivity contribution in [2.75, 3.05) is 13.3 Å². The minimum Gasteiger partial charge on any atom is -0.439 e. The van der Waals surface area contributed by atoms with Crippen LogP contribution >= 0.6 is 0 Å². The molecule has 1 aliphatic heterocycles. The maximum atomic E-state index is 10.4. The van der Waals surface area contributed by atoms with E-state index >= 15 is 0 Å². The maximum absolute atomic E-state index is 10.4. The number of hydrogen-bond acceptors (Lipinski definition) is 9. The molecule has 5 unspecified atom stereocenters. The Morgan fingerprint density at radius 1 is 1.08 bits per heavy atom. The molecule has 1 amide bonds. The van der Waals surface area contributed by atoms with Crippen molar-refractivity contribution in [2.45, 2.75) is 66.0 Å². The lowest BCUT2D eigenvalue weighted by molar-refractivity contribution is -0.349. The molecular weight excluding hydrogens is 338 g/mol. The van der Waals surface area contributed by atoms with E-state index < -0.39 is 43.7 Å². The lowest BCUT2D eigenvalue weighted by Gasteiger charge is -2.37. The van der Waals surface area contributed by atoms with E-state index in [2.05, 4.69) is 28.6 Å². The zero-order valence-electron chi connectivity index (χ0n) is 14.2. The van der Waals surface area contributed by atoms with Gasteiger partial charge in [0, 0.05) is 20.4 Å². The van der Waals surface area contributed by atoms with Crippen LogP contribution in [0.4, 0.5) is 0 Å². The fraction of sp³-hybridized carbons (Fsp3) is 0.867. The van der Waals surface area contributed by atoms with Crippen LogP contribution in [-0.4, -0.2) is 76.5 Å². The van der Waals surface area contributed by atoms with Gasteiger partial charge in [-0.3, -0.25) is 9.59 Å². The zero-order chi connectivity index (χ0) is 18.9. The minimum absolute atomic E-state index is 0. The van der Waals surface area contributed by atoms with E-state index in [0.29, 0.717) is 5.92 Å². The van der Waals surface area contributed by atoms with Crippen LogP contribution in [0.5, 0.6) is 0 Å². The lowest BCUT2D eigenvalue weighted by atomic mass is 10.0. The number of carbonyl (C=O) groups is 2. The third-order valence-corrected chi connectivity index (χ3v) is 2.80. The highest BCUT2D eigenvalue weighted by Gasteiger charge is 2.43. The number of hydrogen-bond donors (Lipinski definition) is 5.